The Bertz CT molecular complexity index is 388. The first-order valence-electron chi connectivity index (χ1n) is 4.50. The van der Waals surface area contributed by atoms with E-state index in [0.717, 1.165) is 6.07 Å². The lowest BCUT2D eigenvalue weighted by Crippen LogP contribution is -2.24. The number of benzene rings is 1. The molecule has 1 amide bonds. The molecule has 1 aromatic rings. The smallest absolute Gasteiger partial charge is 0.254 e. The fourth-order valence-electron chi connectivity index (χ4n) is 1.04. The molecular formula is C11H11F2NO. The zero-order valence-corrected chi connectivity index (χ0v) is 8.26. The van der Waals surface area contributed by atoms with Gasteiger partial charge in [-0.25, -0.2) is 8.78 Å². The van der Waals surface area contributed by atoms with Crippen molar-refractivity contribution in [1.82, 2.24) is 5.32 Å². The molecular weight excluding hydrogens is 200 g/mol. The van der Waals surface area contributed by atoms with Crippen molar-refractivity contribution in [3.05, 3.63) is 47.5 Å². The molecule has 1 aromatic carbocycles. The van der Waals surface area contributed by atoms with Crippen molar-refractivity contribution in [1.29, 1.82) is 0 Å². The van der Waals surface area contributed by atoms with E-state index in [-0.39, 0.29) is 5.56 Å². The Labute approximate surface area is 86.6 Å². The van der Waals surface area contributed by atoms with Crippen LogP contribution in [-0.4, -0.2) is 12.5 Å². The number of carbonyl (C=O) groups excluding carboxylic acids is 1. The fourth-order valence-corrected chi connectivity index (χ4v) is 1.04. The first kappa shape index (κ1) is 11.4. The first-order valence-corrected chi connectivity index (χ1v) is 4.50. The predicted molar refractivity (Wildman–Crippen MR) is 53.5 cm³/mol. The molecule has 0 radical (unpaired) electrons. The van der Waals surface area contributed by atoms with Crippen LogP contribution in [0.2, 0.25) is 0 Å². The van der Waals surface area contributed by atoms with E-state index in [9.17, 15) is 13.6 Å². The second-order valence-electron chi connectivity index (χ2n) is 2.88. The van der Waals surface area contributed by atoms with E-state index >= 15 is 0 Å². The molecule has 0 spiro atoms. The molecule has 0 atom stereocenters. The monoisotopic (exact) mass is 211 g/mol. The summed E-state index contributed by atoms with van der Waals surface area (Å²) in [6, 6.07) is 3.50. The number of nitrogens with one attached hydrogen (secondary N) is 1. The maximum Gasteiger partial charge on any atom is 0.254 e. The third kappa shape index (κ3) is 2.87. The van der Waals surface area contributed by atoms with E-state index in [2.05, 4.69) is 5.32 Å². The highest BCUT2D eigenvalue weighted by Crippen LogP contribution is 2.10. The van der Waals surface area contributed by atoms with E-state index in [0.29, 0.717) is 6.54 Å². The van der Waals surface area contributed by atoms with Crippen LogP contribution in [0.25, 0.3) is 0 Å². The Balaban J connectivity index is 2.78. The molecule has 1 rings (SSSR count). The van der Waals surface area contributed by atoms with Crippen LogP contribution < -0.4 is 5.32 Å². The molecule has 0 saturated heterocycles. The van der Waals surface area contributed by atoms with Gasteiger partial charge in [0.05, 0.1) is 5.56 Å². The second kappa shape index (κ2) is 5.24. The minimum absolute atomic E-state index is 0.278. The van der Waals surface area contributed by atoms with Crippen LogP contribution >= 0.6 is 0 Å². The summed E-state index contributed by atoms with van der Waals surface area (Å²) in [4.78, 5) is 11.3. The van der Waals surface area contributed by atoms with Crippen molar-refractivity contribution >= 4 is 5.91 Å². The van der Waals surface area contributed by atoms with E-state index < -0.39 is 17.5 Å². The number of halogens is 2. The molecule has 0 fully saturated rings. The standard InChI is InChI=1S/C11H11F2NO/c1-2-3-7-14-11(15)8-5-4-6-9(12)10(8)13/h2-6H,7H2,1H3,(H,14,15)/b3-2+. The third-order valence-corrected chi connectivity index (χ3v) is 1.81. The van der Waals surface area contributed by atoms with Gasteiger partial charge < -0.3 is 5.32 Å². The summed E-state index contributed by atoms with van der Waals surface area (Å²) < 4.78 is 25.9. The normalized spacial score (nSPS) is 10.6. The molecule has 0 heterocycles. The number of rotatable bonds is 3. The largest absolute Gasteiger partial charge is 0.348 e. The topological polar surface area (TPSA) is 29.1 Å². The van der Waals surface area contributed by atoms with Crippen LogP contribution in [0.4, 0.5) is 8.78 Å². The van der Waals surface area contributed by atoms with Crippen molar-refractivity contribution in [3.8, 4) is 0 Å². The van der Waals surface area contributed by atoms with Gasteiger partial charge in [-0.15, -0.1) is 0 Å². The lowest BCUT2D eigenvalue weighted by molar-refractivity contribution is 0.0953. The quantitative estimate of drug-likeness (QED) is 0.763. The minimum Gasteiger partial charge on any atom is -0.348 e. The number of amides is 1. The molecule has 0 saturated carbocycles. The van der Waals surface area contributed by atoms with Gasteiger partial charge in [0, 0.05) is 6.54 Å². The van der Waals surface area contributed by atoms with E-state index in [1.165, 1.54) is 12.1 Å². The fraction of sp³-hybridized carbons (Fsp3) is 0.182. The Morgan fingerprint density at radius 3 is 2.87 bits per heavy atom. The summed E-state index contributed by atoms with van der Waals surface area (Å²) in [5.74, 6) is -2.76. The maximum absolute atomic E-state index is 13.1. The summed E-state index contributed by atoms with van der Waals surface area (Å²) in [6.45, 7) is 2.10. The maximum atomic E-state index is 13.1. The SMILES string of the molecule is C/C=C/CNC(=O)c1cccc(F)c1F. The van der Waals surface area contributed by atoms with Crippen LogP contribution in [0.3, 0.4) is 0 Å². The van der Waals surface area contributed by atoms with E-state index in [1.54, 1.807) is 19.1 Å². The molecule has 0 aliphatic carbocycles. The van der Waals surface area contributed by atoms with Gasteiger partial charge in [0.15, 0.2) is 11.6 Å². The van der Waals surface area contributed by atoms with Crippen LogP contribution in [0.5, 0.6) is 0 Å². The molecule has 4 heteroatoms. The molecule has 0 bridgehead atoms. The van der Waals surface area contributed by atoms with Gasteiger partial charge in [0.2, 0.25) is 0 Å². The summed E-state index contributed by atoms with van der Waals surface area (Å²) in [5, 5.41) is 2.44. The average Bonchev–Trinajstić information content (AvgIpc) is 2.22. The Kier molecular flexibility index (Phi) is 3.97. The zero-order chi connectivity index (χ0) is 11.3. The van der Waals surface area contributed by atoms with Crippen LogP contribution in [0, 0.1) is 11.6 Å². The van der Waals surface area contributed by atoms with Gasteiger partial charge in [-0.2, -0.15) is 0 Å². The molecule has 2 nitrogen and oxygen atoms in total. The first-order chi connectivity index (χ1) is 7.16. The van der Waals surface area contributed by atoms with Gasteiger partial charge in [0.1, 0.15) is 0 Å². The Morgan fingerprint density at radius 2 is 2.20 bits per heavy atom. The van der Waals surface area contributed by atoms with Gasteiger partial charge in [-0.1, -0.05) is 18.2 Å². The molecule has 0 unspecified atom stereocenters. The van der Waals surface area contributed by atoms with E-state index in [1.807, 2.05) is 0 Å². The molecule has 1 N–H and O–H groups in total. The number of hydrogen-bond acceptors (Lipinski definition) is 1. The van der Waals surface area contributed by atoms with Crippen molar-refractivity contribution in [2.24, 2.45) is 0 Å². The third-order valence-electron chi connectivity index (χ3n) is 1.81. The molecule has 0 aromatic heterocycles. The highest BCUT2D eigenvalue weighted by Gasteiger charge is 2.13. The van der Waals surface area contributed by atoms with E-state index in [4.69, 9.17) is 0 Å². The molecule has 80 valence electrons. The highest BCUT2D eigenvalue weighted by molar-refractivity contribution is 5.94. The van der Waals surface area contributed by atoms with Crippen LogP contribution in [-0.2, 0) is 0 Å². The number of allylic oxidation sites excluding steroid dienone is 1. The molecule has 15 heavy (non-hydrogen) atoms. The van der Waals surface area contributed by atoms with Crippen LogP contribution in [0.1, 0.15) is 17.3 Å². The van der Waals surface area contributed by atoms with Gasteiger partial charge in [-0.05, 0) is 19.1 Å². The lowest BCUT2D eigenvalue weighted by Gasteiger charge is -2.03. The van der Waals surface area contributed by atoms with Crippen LogP contribution in [0.15, 0.2) is 30.4 Å². The Morgan fingerprint density at radius 1 is 1.47 bits per heavy atom. The van der Waals surface area contributed by atoms with Crippen molar-refractivity contribution in [3.63, 3.8) is 0 Å². The summed E-state index contributed by atoms with van der Waals surface area (Å²) in [5.41, 5.74) is -0.278. The van der Waals surface area contributed by atoms with Gasteiger partial charge in [-0.3, -0.25) is 4.79 Å². The predicted octanol–water partition coefficient (Wildman–Crippen LogP) is 2.27. The summed E-state index contributed by atoms with van der Waals surface area (Å²) in [6.07, 6.45) is 3.46. The molecule has 0 aliphatic rings. The van der Waals surface area contributed by atoms with Gasteiger partial charge >= 0.3 is 0 Å². The lowest BCUT2D eigenvalue weighted by atomic mass is 10.2. The zero-order valence-electron chi connectivity index (χ0n) is 8.26. The van der Waals surface area contributed by atoms with Crippen molar-refractivity contribution in [2.75, 3.05) is 6.54 Å². The summed E-state index contributed by atoms with van der Waals surface area (Å²) >= 11 is 0. The van der Waals surface area contributed by atoms with Crippen molar-refractivity contribution < 1.29 is 13.6 Å². The van der Waals surface area contributed by atoms with Gasteiger partial charge in [0.25, 0.3) is 5.91 Å². The van der Waals surface area contributed by atoms with Crippen molar-refractivity contribution in [2.45, 2.75) is 6.92 Å². The highest BCUT2D eigenvalue weighted by atomic mass is 19.2. The second-order valence-corrected chi connectivity index (χ2v) is 2.88. The summed E-state index contributed by atoms with van der Waals surface area (Å²) in [7, 11) is 0. The minimum atomic E-state index is -1.12. The number of hydrogen-bond donors (Lipinski definition) is 1. The Hall–Kier alpha value is -1.71. The molecule has 0 aliphatic heterocycles. The number of carbonyl (C=O) groups is 1. The average molecular weight is 211 g/mol.